The molecule has 18 heavy (non-hydrogen) atoms. The van der Waals surface area contributed by atoms with Crippen molar-refractivity contribution in [2.45, 2.75) is 58.4 Å². The molecule has 1 aromatic rings. The Morgan fingerprint density at radius 1 is 1.33 bits per heavy atom. The van der Waals surface area contributed by atoms with Gasteiger partial charge in [0.05, 0.1) is 11.7 Å². The third-order valence-corrected chi connectivity index (χ3v) is 4.26. The lowest BCUT2D eigenvalue weighted by atomic mass is 9.92. The quantitative estimate of drug-likeness (QED) is 0.871. The molecular formula is C15H26N2O. The molecule has 1 aliphatic rings. The van der Waals surface area contributed by atoms with E-state index in [9.17, 15) is 5.11 Å². The van der Waals surface area contributed by atoms with E-state index in [1.807, 2.05) is 0 Å². The highest BCUT2D eigenvalue weighted by atomic mass is 16.3. The highest BCUT2D eigenvalue weighted by Gasteiger charge is 2.18. The van der Waals surface area contributed by atoms with Crippen molar-refractivity contribution < 1.29 is 5.11 Å². The summed E-state index contributed by atoms with van der Waals surface area (Å²) in [5.74, 6) is 0.842. The first-order valence-electron chi connectivity index (χ1n) is 7.35. The molecule has 1 unspecified atom stereocenters. The number of hydrogen-bond acceptors (Lipinski definition) is 2. The molecule has 102 valence electrons. The second-order valence-electron chi connectivity index (χ2n) is 5.97. The molecule has 0 aromatic carbocycles. The Hall–Kier alpha value is -0.830. The Bertz CT molecular complexity index is 353. The van der Waals surface area contributed by atoms with Crippen molar-refractivity contribution in [3.63, 3.8) is 0 Å². The molecule has 0 bridgehead atoms. The molecule has 1 fully saturated rings. The van der Waals surface area contributed by atoms with Gasteiger partial charge < -0.3 is 5.11 Å². The molecule has 1 heterocycles. The van der Waals surface area contributed by atoms with Crippen LogP contribution in [-0.4, -0.2) is 21.5 Å². The minimum Gasteiger partial charge on any atom is -0.396 e. The van der Waals surface area contributed by atoms with Gasteiger partial charge in [0.25, 0.3) is 0 Å². The van der Waals surface area contributed by atoms with Crippen LogP contribution in [-0.2, 0) is 6.42 Å². The molecule has 1 N–H and O–H groups in total. The Morgan fingerprint density at radius 2 is 2.06 bits per heavy atom. The van der Waals surface area contributed by atoms with Crippen LogP contribution in [0.2, 0.25) is 0 Å². The monoisotopic (exact) mass is 250 g/mol. The molecule has 0 saturated heterocycles. The fraction of sp³-hybridized carbons (Fsp3) is 0.800. The number of nitrogens with zero attached hydrogens (tertiary/aromatic N) is 2. The van der Waals surface area contributed by atoms with E-state index in [0.29, 0.717) is 17.9 Å². The summed E-state index contributed by atoms with van der Waals surface area (Å²) in [5.41, 5.74) is 1.13. The lowest BCUT2D eigenvalue weighted by molar-refractivity contribution is 0.187. The molecule has 0 radical (unpaired) electrons. The van der Waals surface area contributed by atoms with Crippen molar-refractivity contribution in [1.82, 2.24) is 9.78 Å². The van der Waals surface area contributed by atoms with Crippen LogP contribution in [0.4, 0.5) is 0 Å². The first kappa shape index (κ1) is 13.6. The van der Waals surface area contributed by atoms with E-state index in [0.717, 1.165) is 12.1 Å². The average Bonchev–Trinajstić information content (AvgIpc) is 2.85. The van der Waals surface area contributed by atoms with Gasteiger partial charge in [-0.05, 0) is 37.2 Å². The van der Waals surface area contributed by atoms with Crippen molar-refractivity contribution in [2.24, 2.45) is 11.8 Å². The van der Waals surface area contributed by atoms with E-state index < -0.39 is 0 Å². The summed E-state index contributed by atoms with van der Waals surface area (Å²) in [4.78, 5) is 0. The number of aliphatic hydroxyl groups excluding tert-OH is 1. The summed E-state index contributed by atoms with van der Waals surface area (Å²) in [6, 6.07) is 2.73. The van der Waals surface area contributed by atoms with Gasteiger partial charge in [0.1, 0.15) is 0 Å². The predicted octanol–water partition coefficient (Wildman–Crippen LogP) is 3.20. The van der Waals surface area contributed by atoms with Crippen LogP contribution >= 0.6 is 0 Å². The maximum absolute atomic E-state index is 9.38. The SMILES string of the molecule is CC(C)C(CO)Cc1ccn(C2CCCCC2)n1. The van der Waals surface area contributed by atoms with Crippen molar-refractivity contribution >= 4 is 0 Å². The third kappa shape index (κ3) is 3.35. The van der Waals surface area contributed by atoms with E-state index in [1.165, 1.54) is 32.1 Å². The normalized spacial score (nSPS) is 19.3. The minimum absolute atomic E-state index is 0.258. The van der Waals surface area contributed by atoms with Gasteiger partial charge >= 0.3 is 0 Å². The molecular weight excluding hydrogens is 224 g/mol. The van der Waals surface area contributed by atoms with E-state index in [4.69, 9.17) is 5.10 Å². The number of aromatic nitrogens is 2. The topological polar surface area (TPSA) is 38.0 Å². The predicted molar refractivity (Wildman–Crippen MR) is 73.5 cm³/mol. The van der Waals surface area contributed by atoms with Crippen LogP contribution in [0.3, 0.4) is 0 Å². The fourth-order valence-electron chi connectivity index (χ4n) is 2.81. The van der Waals surface area contributed by atoms with E-state index in [1.54, 1.807) is 0 Å². The largest absolute Gasteiger partial charge is 0.396 e. The number of rotatable bonds is 5. The van der Waals surface area contributed by atoms with Crippen LogP contribution in [0.15, 0.2) is 12.3 Å². The van der Waals surface area contributed by atoms with E-state index in [-0.39, 0.29) is 6.61 Å². The highest BCUT2D eigenvalue weighted by molar-refractivity contribution is 5.01. The Kier molecular flexibility index (Phi) is 4.81. The summed E-state index contributed by atoms with van der Waals surface area (Å²) in [7, 11) is 0. The standard InChI is InChI=1S/C15H26N2O/c1-12(2)13(11-18)10-14-8-9-17(16-14)15-6-4-3-5-7-15/h8-9,12-13,15,18H,3-7,10-11H2,1-2H3. The van der Waals surface area contributed by atoms with Gasteiger partial charge in [-0.1, -0.05) is 33.1 Å². The molecule has 1 aromatic heterocycles. The van der Waals surface area contributed by atoms with Gasteiger partial charge in [-0.25, -0.2) is 0 Å². The van der Waals surface area contributed by atoms with Crippen molar-refractivity contribution in [1.29, 1.82) is 0 Å². The Labute approximate surface area is 110 Å². The smallest absolute Gasteiger partial charge is 0.0628 e. The first-order valence-corrected chi connectivity index (χ1v) is 7.35. The van der Waals surface area contributed by atoms with Crippen molar-refractivity contribution in [2.75, 3.05) is 6.61 Å². The van der Waals surface area contributed by atoms with Crippen LogP contribution in [0, 0.1) is 11.8 Å². The summed E-state index contributed by atoms with van der Waals surface area (Å²) in [6.45, 7) is 4.59. The van der Waals surface area contributed by atoms with Crippen molar-refractivity contribution in [3.8, 4) is 0 Å². The second kappa shape index (κ2) is 6.37. The van der Waals surface area contributed by atoms with Gasteiger partial charge in [-0.15, -0.1) is 0 Å². The number of aliphatic hydroxyl groups is 1. The molecule has 2 rings (SSSR count). The third-order valence-electron chi connectivity index (χ3n) is 4.26. The summed E-state index contributed by atoms with van der Waals surface area (Å²) >= 11 is 0. The highest BCUT2D eigenvalue weighted by Crippen LogP contribution is 2.27. The minimum atomic E-state index is 0.258. The zero-order valence-electron chi connectivity index (χ0n) is 11.7. The molecule has 1 atom stereocenters. The van der Waals surface area contributed by atoms with Gasteiger partial charge in [0.15, 0.2) is 0 Å². The average molecular weight is 250 g/mol. The lowest BCUT2D eigenvalue weighted by Gasteiger charge is -2.22. The maximum Gasteiger partial charge on any atom is 0.0628 e. The van der Waals surface area contributed by atoms with Crippen molar-refractivity contribution in [3.05, 3.63) is 18.0 Å². The molecule has 0 aliphatic heterocycles. The maximum atomic E-state index is 9.38. The van der Waals surface area contributed by atoms with Gasteiger partial charge in [0.2, 0.25) is 0 Å². The Balaban J connectivity index is 1.96. The molecule has 0 spiro atoms. The second-order valence-corrected chi connectivity index (χ2v) is 5.97. The van der Waals surface area contributed by atoms with Crippen LogP contribution < -0.4 is 0 Å². The Morgan fingerprint density at radius 3 is 2.67 bits per heavy atom. The summed E-state index contributed by atoms with van der Waals surface area (Å²) < 4.78 is 2.16. The zero-order valence-corrected chi connectivity index (χ0v) is 11.7. The van der Waals surface area contributed by atoms with Gasteiger partial charge in [0, 0.05) is 12.8 Å². The molecule has 1 saturated carbocycles. The van der Waals surface area contributed by atoms with Crippen LogP contribution in [0.5, 0.6) is 0 Å². The molecule has 1 aliphatic carbocycles. The van der Waals surface area contributed by atoms with Crippen LogP contribution in [0.25, 0.3) is 0 Å². The number of hydrogen-bond donors (Lipinski definition) is 1. The fourth-order valence-corrected chi connectivity index (χ4v) is 2.81. The zero-order chi connectivity index (χ0) is 13.0. The molecule has 3 nitrogen and oxygen atoms in total. The van der Waals surface area contributed by atoms with Crippen LogP contribution in [0.1, 0.15) is 57.7 Å². The first-order chi connectivity index (χ1) is 8.70. The summed E-state index contributed by atoms with van der Waals surface area (Å²) in [5, 5.41) is 14.1. The molecule has 0 amide bonds. The van der Waals surface area contributed by atoms with E-state index in [2.05, 4.69) is 30.8 Å². The van der Waals surface area contributed by atoms with Gasteiger partial charge in [-0.3, -0.25) is 4.68 Å². The lowest BCUT2D eigenvalue weighted by Crippen LogP contribution is -2.17. The van der Waals surface area contributed by atoms with Gasteiger partial charge in [-0.2, -0.15) is 5.10 Å². The molecule has 3 heteroatoms. The summed E-state index contributed by atoms with van der Waals surface area (Å²) in [6.07, 6.45) is 9.62. The van der Waals surface area contributed by atoms with E-state index >= 15 is 0 Å².